The van der Waals surface area contributed by atoms with Crippen LogP contribution in [0.5, 0.6) is 0 Å². The largest absolute Gasteiger partial charge is 0.345 e. The highest BCUT2D eigenvalue weighted by molar-refractivity contribution is 5.77. The number of nitrogens with zero attached hydrogens (tertiary/aromatic N) is 3. The third kappa shape index (κ3) is 5.47. The lowest BCUT2D eigenvalue weighted by molar-refractivity contribution is -0.131. The van der Waals surface area contributed by atoms with Crippen LogP contribution in [0.15, 0.2) is 0 Å². The Morgan fingerprint density at radius 2 is 1.79 bits per heavy atom. The number of likely N-dealkylation sites (N-methyl/N-ethyl adjacent to an activating group) is 1. The molecule has 1 aliphatic heterocycles. The van der Waals surface area contributed by atoms with Crippen LogP contribution < -0.4 is 5.73 Å². The molecule has 0 unspecified atom stereocenters. The lowest BCUT2D eigenvalue weighted by Gasteiger charge is -2.42. The van der Waals surface area contributed by atoms with Crippen LogP contribution in [0.1, 0.15) is 27.2 Å². The van der Waals surface area contributed by atoms with Crippen LogP contribution in [0.4, 0.5) is 0 Å². The van der Waals surface area contributed by atoms with Crippen molar-refractivity contribution in [3.8, 4) is 0 Å². The quantitative estimate of drug-likeness (QED) is 0.776. The van der Waals surface area contributed by atoms with E-state index in [1.54, 1.807) is 4.90 Å². The molecular weight excluding hydrogens is 240 g/mol. The molecule has 0 aromatic rings. The first-order chi connectivity index (χ1) is 8.84. The summed E-state index contributed by atoms with van der Waals surface area (Å²) in [6, 6.07) is 0. The summed E-state index contributed by atoms with van der Waals surface area (Å²) in [5.41, 5.74) is 5.69. The third-order valence-corrected chi connectivity index (χ3v) is 3.80. The Morgan fingerprint density at radius 3 is 2.26 bits per heavy atom. The van der Waals surface area contributed by atoms with Crippen LogP contribution in [-0.2, 0) is 4.79 Å². The van der Waals surface area contributed by atoms with Crippen molar-refractivity contribution in [1.29, 1.82) is 0 Å². The highest BCUT2D eigenvalue weighted by Crippen LogP contribution is 2.15. The van der Waals surface area contributed by atoms with E-state index in [1.807, 2.05) is 7.05 Å². The molecular formula is C14H30N4O. The van der Waals surface area contributed by atoms with E-state index in [-0.39, 0.29) is 11.4 Å². The second-order valence-electron chi connectivity index (χ2n) is 6.39. The van der Waals surface area contributed by atoms with Gasteiger partial charge in [0.05, 0.1) is 6.54 Å². The molecule has 2 N–H and O–H groups in total. The van der Waals surface area contributed by atoms with Crippen molar-refractivity contribution in [2.24, 2.45) is 5.73 Å². The van der Waals surface area contributed by atoms with E-state index >= 15 is 0 Å². The summed E-state index contributed by atoms with van der Waals surface area (Å²) < 4.78 is 0. The fourth-order valence-electron chi connectivity index (χ4n) is 2.34. The summed E-state index contributed by atoms with van der Waals surface area (Å²) in [5, 5.41) is 0. The number of hydrogen-bond acceptors (Lipinski definition) is 4. The first kappa shape index (κ1) is 16.4. The van der Waals surface area contributed by atoms with Crippen molar-refractivity contribution < 1.29 is 4.79 Å². The molecule has 19 heavy (non-hydrogen) atoms. The Labute approximate surface area is 117 Å². The normalized spacial score (nSPS) is 18.6. The maximum Gasteiger partial charge on any atom is 0.236 e. The fourth-order valence-corrected chi connectivity index (χ4v) is 2.34. The first-order valence-corrected chi connectivity index (χ1v) is 7.26. The lowest BCUT2D eigenvalue weighted by Crippen LogP contribution is -2.54. The molecule has 0 atom stereocenters. The molecule has 0 bridgehead atoms. The van der Waals surface area contributed by atoms with Gasteiger partial charge in [0.15, 0.2) is 0 Å². The minimum atomic E-state index is 0.206. The molecule has 0 aromatic carbocycles. The maximum atomic E-state index is 12.0. The number of carbonyl (C=O) groups is 1. The predicted molar refractivity (Wildman–Crippen MR) is 79.1 cm³/mol. The number of carbonyl (C=O) groups excluding carboxylic acids is 1. The topological polar surface area (TPSA) is 52.8 Å². The molecule has 1 fully saturated rings. The zero-order valence-electron chi connectivity index (χ0n) is 13.0. The van der Waals surface area contributed by atoms with E-state index in [1.165, 1.54) is 0 Å². The van der Waals surface area contributed by atoms with E-state index in [9.17, 15) is 4.79 Å². The summed E-state index contributed by atoms with van der Waals surface area (Å²) in [7, 11) is 1.86. The van der Waals surface area contributed by atoms with Crippen LogP contribution in [0, 0.1) is 0 Å². The molecule has 1 aliphatic rings. The number of nitrogens with two attached hydrogens (primary N) is 1. The molecule has 5 nitrogen and oxygen atoms in total. The van der Waals surface area contributed by atoms with E-state index in [0.717, 1.165) is 39.1 Å². The SMILES string of the molecule is CN(CCCN)C(=O)CN1CCN(C(C)(C)C)CC1. The summed E-state index contributed by atoms with van der Waals surface area (Å²) in [4.78, 5) is 18.6. The van der Waals surface area contributed by atoms with Crippen molar-refractivity contribution in [2.75, 3.05) is 52.9 Å². The predicted octanol–water partition coefficient (Wildman–Crippen LogP) is 0.210. The van der Waals surface area contributed by atoms with Crippen molar-refractivity contribution in [3.05, 3.63) is 0 Å². The van der Waals surface area contributed by atoms with Gasteiger partial charge in [-0.3, -0.25) is 14.6 Å². The summed E-state index contributed by atoms with van der Waals surface area (Å²) in [5.74, 6) is 0.206. The molecule has 1 heterocycles. The maximum absolute atomic E-state index is 12.0. The lowest BCUT2D eigenvalue weighted by atomic mass is 10.1. The van der Waals surface area contributed by atoms with Gasteiger partial charge in [-0.1, -0.05) is 0 Å². The standard InChI is InChI=1S/C14H30N4O/c1-14(2,3)18-10-8-17(9-11-18)12-13(19)16(4)7-5-6-15/h5-12,15H2,1-4H3. The van der Waals surface area contributed by atoms with Crippen LogP contribution in [0.25, 0.3) is 0 Å². The summed E-state index contributed by atoms with van der Waals surface area (Å²) in [6.45, 7) is 12.7. The van der Waals surface area contributed by atoms with Gasteiger partial charge in [-0.2, -0.15) is 0 Å². The van der Waals surface area contributed by atoms with Gasteiger partial charge in [0.25, 0.3) is 0 Å². The van der Waals surface area contributed by atoms with E-state index < -0.39 is 0 Å². The van der Waals surface area contributed by atoms with Crippen molar-refractivity contribution in [3.63, 3.8) is 0 Å². The average Bonchev–Trinajstić information content (AvgIpc) is 2.35. The van der Waals surface area contributed by atoms with Crippen LogP contribution in [-0.4, -0.2) is 79.0 Å². The Kier molecular flexibility index (Phi) is 6.23. The van der Waals surface area contributed by atoms with Gasteiger partial charge in [0, 0.05) is 45.3 Å². The highest BCUT2D eigenvalue weighted by Gasteiger charge is 2.26. The van der Waals surface area contributed by atoms with Crippen molar-refractivity contribution >= 4 is 5.91 Å². The van der Waals surface area contributed by atoms with Gasteiger partial charge >= 0.3 is 0 Å². The second-order valence-corrected chi connectivity index (χ2v) is 6.39. The minimum absolute atomic E-state index is 0.206. The van der Waals surface area contributed by atoms with Gasteiger partial charge in [-0.05, 0) is 33.7 Å². The van der Waals surface area contributed by atoms with E-state index in [2.05, 4.69) is 30.6 Å². The highest BCUT2D eigenvalue weighted by atomic mass is 16.2. The fraction of sp³-hybridized carbons (Fsp3) is 0.929. The molecule has 1 rings (SSSR count). The molecule has 5 heteroatoms. The van der Waals surface area contributed by atoms with Gasteiger partial charge in [0.1, 0.15) is 0 Å². The van der Waals surface area contributed by atoms with Crippen molar-refractivity contribution in [2.45, 2.75) is 32.7 Å². The third-order valence-electron chi connectivity index (χ3n) is 3.80. The van der Waals surface area contributed by atoms with Crippen molar-refractivity contribution in [1.82, 2.24) is 14.7 Å². The number of piperazine rings is 1. The van der Waals surface area contributed by atoms with Gasteiger partial charge in [0.2, 0.25) is 5.91 Å². The molecule has 0 aliphatic carbocycles. The Hall–Kier alpha value is -0.650. The number of rotatable bonds is 5. The Morgan fingerprint density at radius 1 is 1.21 bits per heavy atom. The summed E-state index contributed by atoms with van der Waals surface area (Å²) in [6.07, 6.45) is 0.875. The summed E-state index contributed by atoms with van der Waals surface area (Å²) >= 11 is 0. The minimum Gasteiger partial charge on any atom is -0.345 e. The first-order valence-electron chi connectivity index (χ1n) is 7.26. The monoisotopic (exact) mass is 270 g/mol. The number of hydrogen-bond donors (Lipinski definition) is 1. The van der Waals surface area contributed by atoms with E-state index in [0.29, 0.717) is 13.1 Å². The molecule has 112 valence electrons. The van der Waals surface area contributed by atoms with E-state index in [4.69, 9.17) is 5.73 Å². The van der Waals surface area contributed by atoms with Crippen LogP contribution in [0.3, 0.4) is 0 Å². The molecule has 0 aromatic heterocycles. The molecule has 0 saturated carbocycles. The molecule has 0 radical (unpaired) electrons. The molecule has 1 saturated heterocycles. The van der Waals surface area contributed by atoms with Crippen LogP contribution >= 0.6 is 0 Å². The van der Waals surface area contributed by atoms with Crippen LogP contribution in [0.2, 0.25) is 0 Å². The Bertz CT molecular complexity index is 280. The number of amides is 1. The Balaban J connectivity index is 2.31. The molecule has 0 spiro atoms. The average molecular weight is 270 g/mol. The van der Waals surface area contributed by atoms with Gasteiger partial charge in [-0.25, -0.2) is 0 Å². The smallest absolute Gasteiger partial charge is 0.236 e. The zero-order valence-corrected chi connectivity index (χ0v) is 13.0. The zero-order chi connectivity index (χ0) is 14.5. The van der Waals surface area contributed by atoms with Gasteiger partial charge < -0.3 is 10.6 Å². The van der Waals surface area contributed by atoms with Gasteiger partial charge in [-0.15, -0.1) is 0 Å². The second kappa shape index (κ2) is 7.22. The molecule has 1 amide bonds.